The number of para-hydroxylation sites is 1. The predicted octanol–water partition coefficient (Wildman–Crippen LogP) is 3.65. The van der Waals surface area contributed by atoms with Crippen LogP contribution in [-0.4, -0.2) is 75.2 Å². The molecule has 0 spiro atoms. The van der Waals surface area contributed by atoms with Crippen LogP contribution in [0.1, 0.15) is 37.7 Å². The molecule has 2 fully saturated rings. The van der Waals surface area contributed by atoms with Crippen molar-refractivity contribution in [1.82, 2.24) is 4.90 Å². The predicted molar refractivity (Wildman–Crippen MR) is 148 cm³/mol. The number of hydrogen-bond acceptors (Lipinski definition) is 6. The highest BCUT2D eigenvalue weighted by Gasteiger charge is 2.38. The zero-order chi connectivity index (χ0) is 26.5. The van der Waals surface area contributed by atoms with E-state index in [-0.39, 0.29) is 11.8 Å². The molecule has 0 radical (unpaired) electrons. The summed E-state index contributed by atoms with van der Waals surface area (Å²) in [6, 6.07) is 14.3. The van der Waals surface area contributed by atoms with Crippen molar-refractivity contribution in [2.24, 2.45) is 16.6 Å². The molecule has 1 saturated carbocycles. The molecule has 0 aromatic heterocycles. The standard InChI is InChI=1S/C29H37N5O4/c1-32-25-13-6-5-12-24(25)26(21-8-3-2-4-9-21)31-27(28(32)35)34(29(30)36)22-10-7-11-23(20-22)38-19-16-33-14-17-37-18-15-33/h5-7,10-13,20-21,27H,2-4,8-9,14-19H2,1H3,(H2,30,36)/t27-/m1/s1. The molecule has 2 aromatic rings. The molecule has 0 bridgehead atoms. The molecule has 38 heavy (non-hydrogen) atoms. The lowest BCUT2D eigenvalue weighted by Crippen LogP contribution is -2.51. The summed E-state index contributed by atoms with van der Waals surface area (Å²) >= 11 is 0. The average molecular weight is 520 g/mol. The second kappa shape index (κ2) is 12.0. The number of morpholine rings is 1. The van der Waals surface area contributed by atoms with Crippen molar-refractivity contribution >= 4 is 29.0 Å². The summed E-state index contributed by atoms with van der Waals surface area (Å²) in [5.74, 6) is 0.535. The van der Waals surface area contributed by atoms with E-state index in [1.165, 1.54) is 11.3 Å². The van der Waals surface area contributed by atoms with E-state index in [0.29, 0.717) is 18.0 Å². The molecule has 9 heteroatoms. The van der Waals surface area contributed by atoms with Gasteiger partial charge in [-0.3, -0.25) is 19.6 Å². The van der Waals surface area contributed by atoms with Gasteiger partial charge in [-0.05, 0) is 31.0 Å². The number of hydrogen-bond donors (Lipinski definition) is 1. The molecule has 1 atom stereocenters. The summed E-state index contributed by atoms with van der Waals surface area (Å²) in [5.41, 5.74) is 9.03. The zero-order valence-corrected chi connectivity index (χ0v) is 22.1. The van der Waals surface area contributed by atoms with Gasteiger partial charge in [0.25, 0.3) is 5.91 Å². The number of nitrogens with zero attached hydrogens (tertiary/aromatic N) is 4. The lowest BCUT2D eigenvalue weighted by atomic mass is 9.83. The van der Waals surface area contributed by atoms with Crippen LogP contribution in [0.5, 0.6) is 5.75 Å². The highest BCUT2D eigenvalue weighted by atomic mass is 16.5. The highest BCUT2D eigenvalue weighted by Crippen LogP contribution is 2.35. The number of ether oxygens (including phenoxy) is 2. The van der Waals surface area contributed by atoms with Crippen LogP contribution in [0.15, 0.2) is 53.5 Å². The number of primary amides is 1. The summed E-state index contributed by atoms with van der Waals surface area (Å²) in [7, 11) is 1.73. The zero-order valence-electron chi connectivity index (χ0n) is 22.1. The molecule has 3 aliphatic rings. The molecule has 2 heterocycles. The van der Waals surface area contributed by atoms with Crippen molar-refractivity contribution in [1.29, 1.82) is 0 Å². The molecular weight excluding hydrogens is 482 g/mol. The number of amides is 3. The Balaban J connectivity index is 1.44. The van der Waals surface area contributed by atoms with E-state index in [2.05, 4.69) is 4.90 Å². The second-order valence-electron chi connectivity index (χ2n) is 10.1. The Morgan fingerprint density at radius 2 is 1.87 bits per heavy atom. The van der Waals surface area contributed by atoms with E-state index in [1.54, 1.807) is 30.1 Å². The fourth-order valence-electron chi connectivity index (χ4n) is 5.63. The van der Waals surface area contributed by atoms with Gasteiger partial charge in [-0.2, -0.15) is 0 Å². The SMILES string of the molecule is CN1C(=O)[C@@H](N(C(N)=O)c2cccc(OCCN3CCOCC3)c2)N=C(C2CCCCC2)c2ccccc21. The number of benzene rings is 2. The average Bonchev–Trinajstić information content (AvgIpc) is 3.05. The number of anilines is 2. The minimum Gasteiger partial charge on any atom is -0.492 e. The van der Waals surface area contributed by atoms with E-state index in [4.69, 9.17) is 20.2 Å². The number of carbonyl (C=O) groups is 2. The first kappa shape index (κ1) is 26.2. The van der Waals surface area contributed by atoms with Crippen LogP contribution in [0.25, 0.3) is 0 Å². The third kappa shape index (κ3) is 5.68. The molecule has 5 rings (SSSR count). The Bertz CT molecular complexity index is 1170. The molecule has 2 N–H and O–H groups in total. The van der Waals surface area contributed by atoms with Crippen LogP contribution in [0.2, 0.25) is 0 Å². The van der Waals surface area contributed by atoms with Gasteiger partial charge in [-0.15, -0.1) is 0 Å². The molecule has 9 nitrogen and oxygen atoms in total. The van der Waals surface area contributed by atoms with Gasteiger partial charge >= 0.3 is 6.03 Å². The Kier molecular flexibility index (Phi) is 8.24. The van der Waals surface area contributed by atoms with Crippen molar-refractivity contribution in [3.63, 3.8) is 0 Å². The smallest absolute Gasteiger partial charge is 0.321 e. The first-order valence-electron chi connectivity index (χ1n) is 13.6. The first-order valence-corrected chi connectivity index (χ1v) is 13.6. The maximum absolute atomic E-state index is 13.8. The Morgan fingerprint density at radius 3 is 2.63 bits per heavy atom. The van der Waals surface area contributed by atoms with Gasteiger partial charge in [0.1, 0.15) is 12.4 Å². The van der Waals surface area contributed by atoms with Gasteiger partial charge in [0.2, 0.25) is 6.17 Å². The molecule has 1 saturated heterocycles. The van der Waals surface area contributed by atoms with Crippen molar-refractivity contribution in [3.8, 4) is 5.75 Å². The summed E-state index contributed by atoms with van der Waals surface area (Å²) in [5, 5.41) is 0. The monoisotopic (exact) mass is 519 g/mol. The third-order valence-corrected chi connectivity index (χ3v) is 7.70. The lowest BCUT2D eigenvalue weighted by Gasteiger charge is -2.29. The number of likely N-dealkylation sites (N-methyl/N-ethyl adjacent to an activating group) is 1. The van der Waals surface area contributed by atoms with E-state index in [1.807, 2.05) is 30.3 Å². The van der Waals surface area contributed by atoms with Gasteiger partial charge in [-0.25, -0.2) is 4.79 Å². The van der Waals surface area contributed by atoms with Crippen LogP contribution in [0, 0.1) is 5.92 Å². The summed E-state index contributed by atoms with van der Waals surface area (Å²) < 4.78 is 11.4. The largest absolute Gasteiger partial charge is 0.492 e. The Labute approximate surface area is 224 Å². The first-order chi connectivity index (χ1) is 18.5. The van der Waals surface area contributed by atoms with Crippen LogP contribution in [0.4, 0.5) is 16.2 Å². The summed E-state index contributed by atoms with van der Waals surface area (Å²) in [6.07, 6.45) is 4.39. The van der Waals surface area contributed by atoms with Crippen molar-refractivity contribution in [3.05, 3.63) is 54.1 Å². The van der Waals surface area contributed by atoms with Crippen LogP contribution < -0.4 is 20.3 Å². The minimum atomic E-state index is -1.11. The number of aliphatic imine (C=N–C) groups is 1. The third-order valence-electron chi connectivity index (χ3n) is 7.70. The molecule has 2 aliphatic heterocycles. The fraction of sp³-hybridized carbons (Fsp3) is 0.483. The number of fused-ring (bicyclic) bond motifs is 1. The van der Waals surface area contributed by atoms with E-state index in [9.17, 15) is 9.59 Å². The van der Waals surface area contributed by atoms with Crippen molar-refractivity contribution in [2.45, 2.75) is 38.3 Å². The molecule has 202 valence electrons. The van der Waals surface area contributed by atoms with Crippen molar-refractivity contribution < 1.29 is 19.1 Å². The number of rotatable bonds is 7. The molecule has 2 aromatic carbocycles. The highest BCUT2D eigenvalue weighted by molar-refractivity contribution is 6.15. The Morgan fingerprint density at radius 1 is 1.11 bits per heavy atom. The maximum atomic E-state index is 13.8. The molecular formula is C29H37N5O4. The Hall–Kier alpha value is -3.43. The number of urea groups is 1. The van der Waals surface area contributed by atoms with Gasteiger partial charge in [0.05, 0.1) is 30.3 Å². The normalized spacial score (nSPS) is 20.9. The number of carbonyl (C=O) groups excluding carboxylic acids is 2. The number of benzodiazepines with no additional fused rings is 1. The van der Waals surface area contributed by atoms with Crippen molar-refractivity contribution in [2.75, 3.05) is 56.3 Å². The molecule has 0 unspecified atom stereocenters. The molecule has 3 amide bonds. The van der Waals surface area contributed by atoms with Gasteiger partial charge in [0.15, 0.2) is 0 Å². The topological polar surface area (TPSA) is 101 Å². The van der Waals surface area contributed by atoms with Crippen LogP contribution >= 0.6 is 0 Å². The quantitative estimate of drug-likeness (QED) is 0.602. The summed E-state index contributed by atoms with van der Waals surface area (Å²) in [6.45, 7) is 4.54. The van der Waals surface area contributed by atoms with E-state index >= 15 is 0 Å². The van der Waals surface area contributed by atoms with Gasteiger partial charge < -0.3 is 20.1 Å². The molecule has 1 aliphatic carbocycles. The van der Waals surface area contributed by atoms with E-state index < -0.39 is 12.2 Å². The minimum absolute atomic E-state index is 0.233. The van der Waals surface area contributed by atoms with Crippen LogP contribution in [-0.2, 0) is 9.53 Å². The summed E-state index contributed by atoms with van der Waals surface area (Å²) in [4.78, 5) is 36.9. The second-order valence-corrected chi connectivity index (χ2v) is 10.1. The van der Waals surface area contributed by atoms with Gasteiger partial charge in [0, 0.05) is 44.2 Å². The lowest BCUT2D eigenvalue weighted by molar-refractivity contribution is -0.119. The fourth-order valence-corrected chi connectivity index (χ4v) is 5.63. The maximum Gasteiger partial charge on any atom is 0.321 e. The van der Waals surface area contributed by atoms with E-state index in [0.717, 1.165) is 75.5 Å². The van der Waals surface area contributed by atoms with Crippen LogP contribution in [0.3, 0.4) is 0 Å². The van der Waals surface area contributed by atoms with Gasteiger partial charge in [-0.1, -0.05) is 43.5 Å². The number of nitrogens with two attached hydrogens (primary N) is 1.